The molecule has 1 aromatic heterocycles. The molecule has 0 saturated carbocycles. The number of nitrogens with zero attached hydrogens (tertiary/aromatic N) is 1. The van der Waals surface area contributed by atoms with Crippen molar-refractivity contribution in [1.29, 1.82) is 0 Å². The lowest BCUT2D eigenvalue weighted by atomic mass is 9.73. The first-order chi connectivity index (χ1) is 26.8. The maximum Gasteiger partial charge on any atom is 0.135 e. The van der Waals surface area contributed by atoms with Gasteiger partial charge in [-0.2, -0.15) is 0 Å². The Balaban J connectivity index is 1.04. The highest BCUT2D eigenvalue weighted by atomic mass is 16.5. The maximum absolute atomic E-state index is 6.89. The van der Waals surface area contributed by atoms with Crippen LogP contribution in [0.15, 0.2) is 182 Å². The molecule has 0 saturated heterocycles. The van der Waals surface area contributed by atoms with E-state index in [0.717, 1.165) is 34.7 Å². The van der Waals surface area contributed by atoms with Gasteiger partial charge >= 0.3 is 0 Å². The minimum absolute atomic E-state index is 0.270. The van der Waals surface area contributed by atoms with Gasteiger partial charge in [0.05, 0.1) is 11.0 Å². The fourth-order valence-corrected chi connectivity index (χ4v) is 9.60. The van der Waals surface area contributed by atoms with Gasteiger partial charge in [-0.3, -0.25) is 0 Å². The molecule has 0 amide bonds. The summed E-state index contributed by atoms with van der Waals surface area (Å²) in [5, 5.41) is 7.53. The number of fused-ring (bicyclic) bond motifs is 10. The lowest BCUT2D eigenvalue weighted by Crippen LogP contribution is -2.14. The Morgan fingerprint density at radius 3 is 2.17 bits per heavy atom. The molecular formula is C52H33NO. The monoisotopic (exact) mass is 687 g/mol. The summed E-state index contributed by atoms with van der Waals surface area (Å²) in [5.41, 5.74) is 15.1. The second-order valence-electron chi connectivity index (χ2n) is 14.8. The molecule has 2 heteroatoms. The smallest absolute Gasteiger partial charge is 0.135 e. The number of aromatic nitrogens is 1. The van der Waals surface area contributed by atoms with Crippen LogP contribution in [0.2, 0.25) is 0 Å². The third kappa shape index (κ3) is 4.22. The van der Waals surface area contributed by atoms with Gasteiger partial charge < -0.3 is 9.30 Å². The average molecular weight is 688 g/mol. The van der Waals surface area contributed by atoms with E-state index in [2.05, 4.69) is 187 Å². The summed E-state index contributed by atoms with van der Waals surface area (Å²) < 4.78 is 9.27. The number of benzene rings is 9. The number of para-hydroxylation sites is 2. The van der Waals surface area contributed by atoms with Crippen LogP contribution in [0.4, 0.5) is 0 Å². The minimum atomic E-state index is 0.270. The summed E-state index contributed by atoms with van der Waals surface area (Å²) in [6, 6.07) is 66.7. The summed E-state index contributed by atoms with van der Waals surface area (Å²) in [7, 11) is 0. The Kier molecular flexibility index (Phi) is 6.20. The van der Waals surface area contributed by atoms with E-state index in [1.807, 2.05) is 0 Å². The van der Waals surface area contributed by atoms with Gasteiger partial charge in [-0.05, 0) is 116 Å². The van der Waals surface area contributed by atoms with E-state index in [1.165, 1.54) is 82.3 Å². The second kappa shape index (κ2) is 11.3. The third-order valence-corrected chi connectivity index (χ3v) is 11.9. The van der Waals surface area contributed by atoms with Crippen molar-refractivity contribution in [3.05, 3.63) is 199 Å². The van der Waals surface area contributed by atoms with Crippen LogP contribution in [-0.4, -0.2) is 4.57 Å². The van der Waals surface area contributed by atoms with E-state index < -0.39 is 0 Å². The highest BCUT2D eigenvalue weighted by molar-refractivity contribution is 6.16. The van der Waals surface area contributed by atoms with Gasteiger partial charge in [-0.1, -0.05) is 133 Å². The van der Waals surface area contributed by atoms with E-state index in [-0.39, 0.29) is 5.92 Å². The maximum atomic E-state index is 6.89. The van der Waals surface area contributed by atoms with Crippen molar-refractivity contribution in [2.24, 2.45) is 0 Å². The molecule has 2 aliphatic rings. The Hall–Kier alpha value is -6.90. The topological polar surface area (TPSA) is 14.2 Å². The molecule has 12 rings (SSSR count). The molecule has 1 aliphatic carbocycles. The Labute approximate surface area is 313 Å². The molecule has 0 radical (unpaired) electrons. The van der Waals surface area contributed by atoms with Crippen LogP contribution in [0.5, 0.6) is 11.5 Å². The highest BCUT2D eigenvalue weighted by Gasteiger charge is 2.31. The predicted octanol–water partition coefficient (Wildman–Crippen LogP) is 13.9. The van der Waals surface area contributed by atoms with Crippen LogP contribution >= 0.6 is 0 Å². The van der Waals surface area contributed by atoms with E-state index in [4.69, 9.17) is 4.74 Å². The quantitative estimate of drug-likeness (QED) is 0.180. The van der Waals surface area contributed by atoms with Crippen LogP contribution in [0.3, 0.4) is 0 Å². The van der Waals surface area contributed by atoms with Crippen molar-refractivity contribution < 1.29 is 4.74 Å². The summed E-state index contributed by atoms with van der Waals surface area (Å²) in [6.45, 7) is 0. The van der Waals surface area contributed by atoms with Crippen molar-refractivity contribution in [1.82, 2.24) is 4.57 Å². The van der Waals surface area contributed by atoms with Crippen LogP contribution in [0, 0.1) is 0 Å². The zero-order valence-corrected chi connectivity index (χ0v) is 29.5. The van der Waals surface area contributed by atoms with Gasteiger partial charge in [0.2, 0.25) is 0 Å². The number of rotatable bonds is 3. The number of ether oxygens (including phenoxy) is 1. The molecule has 2 nitrogen and oxygen atoms in total. The molecule has 252 valence electrons. The first-order valence-corrected chi connectivity index (χ1v) is 18.9. The SMILES string of the molecule is c1ccc(-n2c3ccccc3c3c(-c4ccc5c(c4)Oc4cccc6c7c(cc-5c46)CC(c4ccc5ccccc5c4)c4ccccc4-7)cccc32)cc1. The molecule has 1 atom stereocenters. The minimum Gasteiger partial charge on any atom is -0.456 e. The summed E-state index contributed by atoms with van der Waals surface area (Å²) >= 11 is 0. The van der Waals surface area contributed by atoms with E-state index >= 15 is 0 Å². The van der Waals surface area contributed by atoms with Gasteiger partial charge in [0, 0.05) is 33.3 Å². The molecule has 54 heavy (non-hydrogen) atoms. The zero-order chi connectivity index (χ0) is 35.3. The highest BCUT2D eigenvalue weighted by Crippen LogP contribution is 2.54. The van der Waals surface area contributed by atoms with Crippen molar-refractivity contribution in [3.63, 3.8) is 0 Å². The molecule has 9 aromatic carbocycles. The number of hydrogen-bond acceptors (Lipinski definition) is 1. The van der Waals surface area contributed by atoms with Gasteiger partial charge in [-0.25, -0.2) is 0 Å². The normalized spacial score (nSPS) is 14.2. The molecule has 0 N–H and O–H groups in total. The van der Waals surface area contributed by atoms with Crippen molar-refractivity contribution >= 4 is 43.4 Å². The first-order valence-electron chi connectivity index (χ1n) is 18.9. The molecule has 1 unspecified atom stereocenters. The van der Waals surface area contributed by atoms with Gasteiger partial charge in [0.25, 0.3) is 0 Å². The van der Waals surface area contributed by atoms with E-state index in [1.54, 1.807) is 0 Å². The van der Waals surface area contributed by atoms with Crippen molar-refractivity contribution in [2.45, 2.75) is 12.3 Å². The summed E-state index contributed by atoms with van der Waals surface area (Å²) in [5.74, 6) is 2.09. The van der Waals surface area contributed by atoms with Crippen molar-refractivity contribution in [3.8, 4) is 50.6 Å². The largest absolute Gasteiger partial charge is 0.456 e. The molecule has 0 spiro atoms. The fraction of sp³-hybridized carbons (Fsp3) is 0.0385. The zero-order valence-electron chi connectivity index (χ0n) is 29.5. The molecular weight excluding hydrogens is 655 g/mol. The van der Waals surface area contributed by atoms with Crippen LogP contribution in [0.1, 0.15) is 22.6 Å². The van der Waals surface area contributed by atoms with Crippen LogP contribution in [-0.2, 0) is 6.42 Å². The fourth-order valence-electron chi connectivity index (χ4n) is 9.60. The molecule has 0 bridgehead atoms. The Bertz CT molecular complexity index is 3170. The Morgan fingerprint density at radius 2 is 1.22 bits per heavy atom. The Morgan fingerprint density at radius 1 is 0.463 bits per heavy atom. The van der Waals surface area contributed by atoms with E-state index in [0.29, 0.717) is 0 Å². The summed E-state index contributed by atoms with van der Waals surface area (Å²) in [4.78, 5) is 0. The van der Waals surface area contributed by atoms with Crippen LogP contribution < -0.4 is 4.74 Å². The molecule has 0 fully saturated rings. The molecule has 10 aromatic rings. The van der Waals surface area contributed by atoms with E-state index in [9.17, 15) is 0 Å². The van der Waals surface area contributed by atoms with Gasteiger partial charge in [-0.15, -0.1) is 0 Å². The average Bonchev–Trinajstić information content (AvgIpc) is 3.58. The summed E-state index contributed by atoms with van der Waals surface area (Å²) in [6.07, 6.45) is 0.944. The second-order valence-corrected chi connectivity index (χ2v) is 14.8. The third-order valence-electron chi connectivity index (χ3n) is 11.9. The lowest BCUT2D eigenvalue weighted by Gasteiger charge is -2.32. The predicted molar refractivity (Wildman–Crippen MR) is 224 cm³/mol. The lowest BCUT2D eigenvalue weighted by molar-refractivity contribution is 0.487. The van der Waals surface area contributed by atoms with Gasteiger partial charge in [0.1, 0.15) is 11.5 Å². The molecule has 1 aliphatic heterocycles. The first kappa shape index (κ1) is 29.7. The van der Waals surface area contributed by atoms with Gasteiger partial charge in [0.15, 0.2) is 0 Å². The standard InChI is InChI=1S/C52H33NO/c1-2-14-37(15-3-1)53-46-21-9-8-18-42(46)51-38(19-10-22-47(51)53)35-26-27-40-45-30-36-29-44(34-25-24-32-12-4-5-13-33(32)28-34)39-16-6-7-17-41(39)50(36)43-20-11-23-48(52(43)45)54-49(40)31-35/h1-28,30-31,44H,29H2. The van der Waals surface area contributed by atoms with Crippen molar-refractivity contribution in [2.75, 3.05) is 0 Å². The van der Waals surface area contributed by atoms with Crippen LogP contribution in [0.25, 0.3) is 82.4 Å². The molecule has 2 heterocycles. The number of hydrogen-bond donors (Lipinski definition) is 0.